The Balaban J connectivity index is 3.77. The van der Waals surface area contributed by atoms with Crippen LogP contribution in [-0.4, -0.2) is 48.1 Å². The molecule has 20 heavy (non-hydrogen) atoms. The zero-order valence-corrected chi connectivity index (χ0v) is 12.6. The van der Waals surface area contributed by atoms with E-state index in [0.717, 1.165) is 12.8 Å². The Morgan fingerprint density at radius 1 is 1.35 bits per heavy atom. The Labute approximate surface area is 120 Å². The molecule has 0 bridgehead atoms. The van der Waals surface area contributed by atoms with E-state index in [2.05, 4.69) is 5.32 Å². The van der Waals surface area contributed by atoms with Gasteiger partial charge in [-0.3, -0.25) is 9.59 Å². The summed E-state index contributed by atoms with van der Waals surface area (Å²) in [6.45, 7) is 4.38. The standard InChI is InChI=1S/C14H25N3O3/c1-11(14(19)20)6-4-7-12(2)16-10-13(18)17(3)9-5-8-15/h11-12,16H,4-7,9-10H2,1-3H3,(H,19,20). The molecule has 2 unspecified atom stereocenters. The molecule has 0 rings (SSSR count). The van der Waals surface area contributed by atoms with Crippen LogP contribution in [0.5, 0.6) is 0 Å². The second kappa shape index (κ2) is 10.2. The van der Waals surface area contributed by atoms with E-state index < -0.39 is 5.97 Å². The van der Waals surface area contributed by atoms with E-state index in [1.54, 1.807) is 14.0 Å². The van der Waals surface area contributed by atoms with Crippen molar-refractivity contribution >= 4 is 11.9 Å². The molecule has 2 atom stereocenters. The molecule has 114 valence electrons. The third-order valence-electron chi connectivity index (χ3n) is 3.28. The molecule has 0 saturated heterocycles. The van der Waals surface area contributed by atoms with Gasteiger partial charge >= 0.3 is 5.97 Å². The third-order valence-corrected chi connectivity index (χ3v) is 3.28. The van der Waals surface area contributed by atoms with Crippen molar-refractivity contribution in [2.75, 3.05) is 20.1 Å². The number of amides is 1. The van der Waals surface area contributed by atoms with Crippen LogP contribution in [0, 0.1) is 17.2 Å². The monoisotopic (exact) mass is 283 g/mol. The van der Waals surface area contributed by atoms with E-state index in [9.17, 15) is 9.59 Å². The predicted octanol–water partition coefficient (Wildman–Crippen LogP) is 1.23. The molecular formula is C14H25N3O3. The minimum Gasteiger partial charge on any atom is -0.481 e. The van der Waals surface area contributed by atoms with Gasteiger partial charge < -0.3 is 15.3 Å². The van der Waals surface area contributed by atoms with Crippen molar-refractivity contribution in [3.63, 3.8) is 0 Å². The first-order valence-corrected chi connectivity index (χ1v) is 6.95. The van der Waals surface area contributed by atoms with Crippen molar-refractivity contribution in [2.45, 2.75) is 45.6 Å². The van der Waals surface area contributed by atoms with Crippen molar-refractivity contribution in [1.29, 1.82) is 5.26 Å². The molecule has 0 radical (unpaired) electrons. The highest BCUT2D eigenvalue weighted by atomic mass is 16.4. The molecule has 0 aliphatic rings. The summed E-state index contributed by atoms with van der Waals surface area (Å²) in [5.74, 6) is -1.12. The van der Waals surface area contributed by atoms with Gasteiger partial charge in [0.05, 0.1) is 25.0 Å². The van der Waals surface area contributed by atoms with Gasteiger partial charge in [0.1, 0.15) is 0 Å². The average Bonchev–Trinajstić information content (AvgIpc) is 2.41. The number of nitrogens with one attached hydrogen (secondary N) is 1. The summed E-state index contributed by atoms with van der Waals surface area (Å²) in [6.07, 6.45) is 2.65. The first kappa shape index (κ1) is 18.4. The molecule has 6 heteroatoms. The fourth-order valence-corrected chi connectivity index (χ4v) is 1.69. The molecule has 0 aromatic rings. The molecule has 1 amide bonds. The van der Waals surface area contributed by atoms with Gasteiger partial charge in [-0.1, -0.05) is 13.3 Å². The first-order valence-electron chi connectivity index (χ1n) is 6.95. The minimum atomic E-state index is -0.764. The molecule has 0 aromatic heterocycles. The molecule has 0 aliphatic heterocycles. The number of aliphatic carboxylic acids is 1. The van der Waals surface area contributed by atoms with E-state index in [1.165, 1.54) is 4.90 Å². The van der Waals surface area contributed by atoms with Gasteiger partial charge in [0.2, 0.25) is 5.91 Å². The van der Waals surface area contributed by atoms with Gasteiger partial charge in [0.25, 0.3) is 0 Å². The number of nitriles is 1. The molecular weight excluding hydrogens is 258 g/mol. The fraction of sp³-hybridized carbons (Fsp3) is 0.786. The molecule has 0 aromatic carbocycles. The van der Waals surface area contributed by atoms with E-state index in [4.69, 9.17) is 10.4 Å². The number of hydrogen-bond acceptors (Lipinski definition) is 4. The molecule has 0 spiro atoms. The number of carboxylic acid groups (broad SMARTS) is 1. The summed E-state index contributed by atoms with van der Waals surface area (Å²) in [4.78, 5) is 23.9. The zero-order chi connectivity index (χ0) is 15.5. The predicted molar refractivity (Wildman–Crippen MR) is 76.0 cm³/mol. The maximum Gasteiger partial charge on any atom is 0.306 e. The second-order valence-corrected chi connectivity index (χ2v) is 5.18. The minimum absolute atomic E-state index is 0.0361. The second-order valence-electron chi connectivity index (χ2n) is 5.18. The van der Waals surface area contributed by atoms with E-state index in [-0.39, 0.29) is 24.4 Å². The highest BCUT2D eigenvalue weighted by Gasteiger charge is 2.12. The lowest BCUT2D eigenvalue weighted by Gasteiger charge is -2.18. The Morgan fingerprint density at radius 2 is 2.00 bits per heavy atom. The molecule has 0 heterocycles. The lowest BCUT2D eigenvalue weighted by Crippen LogP contribution is -2.39. The van der Waals surface area contributed by atoms with Crippen molar-refractivity contribution in [3.05, 3.63) is 0 Å². The van der Waals surface area contributed by atoms with Crippen LogP contribution in [0.25, 0.3) is 0 Å². The molecule has 0 aliphatic carbocycles. The number of likely N-dealkylation sites (N-methyl/N-ethyl adjacent to an activating group) is 1. The molecule has 2 N–H and O–H groups in total. The normalized spacial score (nSPS) is 13.3. The van der Waals surface area contributed by atoms with Gasteiger partial charge in [0.15, 0.2) is 0 Å². The Bertz CT molecular complexity index is 352. The highest BCUT2D eigenvalue weighted by molar-refractivity contribution is 5.78. The topological polar surface area (TPSA) is 93.4 Å². The van der Waals surface area contributed by atoms with Gasteiger partial charge in [-0.25, -0.2) is 0 Å². The summed E-state index contributed by atoms with van der Waals surface area (Å²) in [7, 11) is 1.68. The number of rotatable bonds is 10. The highest BCUT2D eigenvalue weighted by Crippen LogP contribution is 2.09. The van der Waals surface area contributed by atoms with Crippen molar-refractivity contribution in [2.24, 2.45) is 5.92 Å². The third kappa shape index (κ3) is 8.48. The van der Waals surface area contributed by atoms with Crippen LogP contribution in [0.3, 0.4) is 0 Å². The maximum atomic E-state index is 11.7. The number of carboxylic acids is 1. The molecule has 6 nitrogen and oxygen atoms in total. The molecule has 0 saturated carbocycles. The molecule has 0 fully saturated rings. The summed E-state index contributed by atoms with van der Waals surface area (Å²) in [6, 6.07) is 2.17. The largest absolute Gasteiger partial charge is 0.481 e. The van der Waals surface area contributed by atoms with Crippen LogP contribution in [-0.2, 0) is 9.59 Å². The quantitative estimate of drug-likeness (QED) is 0.629. The summed E-state index contributed by atoms with van der Waals surface area (Å²) in [5.41, 5.74) is 0. The van der Waals surface area contributed by atoms with Crippen LogP contribution in [0.15, 0.2) is 0 Å². The van der Waals surface area contributed by atoms with Crippen LogP contribution in [0.1, 0.15) is 39.5 Å². The lowest BCUT2D eigenvalue weighted by atomic mass is 10.0. The lowest BCUT2D eigenvalue weighted by molar-refractivity contribution is -0.141. The number of nitrogens with zero attached hydrogens (tertiary/aromatic N) is 2. The van der Waals surface area contributed by atoms with Crippen molar-refractivity contribution in [1.82, 2.24) is 10.2 Å². The number of carbonyl (C=O) groups excluding carboxylic acids is 1. The van der Waals surface area contributed by atoms with Crippen molar-refractivity contribution < 1.29 is 14.7 Å². The van der Waals surface area contributed by atoms with Crippen LogP contribution < -0.4 is 5.32 Å². The zero-order valence-electron chi connectivity index (χ0n) is 12.6. The Hall–Kier alpha value is -1.61. The smallest absolute Gasteiger partial charge is 0.306 e. The van der Waals surface area contributed by atoms with Gasteiger partial charge in [0, 0.05) is 19.6 Å². The van der Waals surface area contributed by atoms with Crippen molar-refractivity contribution in [3.8, 4) is 6.07 Å². The summed E-state index contributed by atoms with van der Waals surface area (Å²) in [5, 5.41) is 20.3. The van der Waals surface area contributed by atoms with Gasteiger partial charge in [-0.05, 0) is 19.8 Å². The summed E-state index contributed by atoms with van der Waals surface area (Å²) >= 11 is 0. The summed E-state index contributed by atoms with van der Waals surface area (Å²) < 4.78 is 0. The number of carbonyl (C=O) groups is 2. The van der Waals surface area contributed by atoms with E-state index >= 15 is 0 Å². The average molecular weight is 283 g/mol. The van der Waals surface area contributed by atoms with Crippen LogP contribution >= 0.6 is 0 Å². The Morgan fingerprint density at radius 3 is 2.55 bits per heavy atom. The van der Waals surface area contributed by atoms with Gasteiger partial charge in [-0.2, -0.15) is 5.26 Å². The van der Waals surface area contributed by atoms with Gasteiger partial charge in [-0.15, -0.1) is 0 Å². The Kier molecular flexibility index (Phi) is 9.39. The fourth-order valence-electron chi connectivity index (χ4n) is 1.69. The van der Waals surface area contributed by atoms with E-state index in [1.807, 2.05) is 13.0 Å². The first-order chi connectivity index (χ1) is 9.38. The maximum absolute atomic E-state index is 11.7. The van der Waals surface area contributed by atoms with E-state index in [0.29, 0.717) is 19.4 Å². The van der Waals surface area contributed by atoms with Crippen LogP contribution in [0.2, 0.25) is 0 Å². The SMILES string of the molecule is CC(CCCC(C)C(=O)O)NCC(=O)N(C)CCC#N. The van der Waals surface area contributed by atoms with Crippen LogP contribution in [0.4, 0.5) is 0 Å². The number of hydrogen-bond donors (Lipinski definition) is 2.